The molecular formula is C49H50FN11O9. The first-order valence-corrected chi connectivity index (χ1v) is 23.1. The fourth-order valence-electron chi connectivity index (χ4n) is 9.08. The normalized spacial score (nSPS) is 18.3. The van der Waals surface area contributed by atoms with E-state index < -0.39 is 53.5 Å². The lowest BCUT2D eigenvalue weighted by atomic mass is 10.0. The second-order valence-electron chi connectivity index (χ2n) is 17.5. The van der Waals surface area contributed by atoms with Crippen LogP contribution in [0.4, 0.5) is 15.9 Å². The molecule has 3 saturated heterocycles. The summed E-state index contributed by atoms with van der Waals surface area (Å²) < 4.78 is 26.9. The number of carbonyl (C=O) groups is 7. The highest BCUT2D eigenvalue weighted by Gasteiger charge is 2.45. The number of anilines is 2. The highest BCUT2D eigenvalue weighted by Crippen LogP contribution is 2.31. The third-order valence-electron chi connectivity index (χ3n) is 12.9. The number of nitrogen functional groups attached to an aromatic ring is 1. The number of amides is 6. The van der Waals surface area contributed by atoms with Crippen LogP contribution in [0.25, 0.3) is 11.3 Å². The summed E-state index contributed by atoms with van der Waals surface area (Å²) in [6.45, 7) is 5.95. The molecule has 0 radical (unpaired) electrons. The Balaban J connectivity index is 0.700. The summed E-state index contributed by atoms with van der Waals surface area (Å²) >= 11 is 0. The van der Waals surface area contributed by atoms with E-state index in [2.05, 4.69) is 35.5 Å². The Kier molecular flexibility index (Phi) is 14.0. The standard InChI is InChI=1S/C49H50FN11O9/c50-32-7-9-33(10-8-32)54-46(65)43(30-5-2-1-3-6-30)70-49(68)42-44(51)52-27-38(55-42)31-26-53-60(28-31)34-15-19-57(20-16-34)17-4-18-58-21-23-59(24-22-58)41(63)29-69-35-11-12-36-37(25-35)48(67)61(47(36)66)39-13-14-40(62)56-45(39)64/h1-3,5-12,25-28,34,39,43H,4,13-24,29H2,(H2,51,52)(H,54,65)(H,56,62,64)/t39?,43-/m1/s1. The number of benzene rings is 3. The topological polar surface area (TPSA) is 245 Å². The second-order valence-corrected chi connectivity index (χ2v) is 17.5. The van der Waals surface area contributed by atoms with Gasteiger partial charge in [0.2, 0.25) is 17.9 Å². The molecular weight excluding hydrogens is 906 g/mol. The van der Waals surface area contributed by atoms with E-state index in [0.717, 1.165) is 63.4 Å². The first-order chi connectivity index (χ1) is 33.9. The Bertz CT molecular complexity index is 2810. The van der Waals surface area contributed by atoms with Gasteiger partial charge in [-0.05, 0) is 81.2 Å². The van der Waals surface area contributed by atoms with Crippen molar-refractivity contribution in [3.63, 3.8) is 0 Å². The average molecular weight is 956 g/mol. The maximum absolute atomic E-state index is 13.6. The highest BCUT2D eigenvalue weighted by atomic mass is 19.1. The van der Waals surface area contributed by atoms with Crippen molar-refractivity contribution in [2.75, 3.05) is 70.0 Å². The van der Waals surface area contributed by atoms with Crippen LogP contribution in [-0.2, 0) is 23.9 Å². The van der Waals surface area contributed by atoms with Gasteiger partial charge in [0, 0.05) is 68.7 Å². The van der Waals surface area contributed by atoms with Gasteiger partial charge in [-0.2, -0.15) is 5.10 Å². The lowest BCUT2D eigenvalue weighted by Gasteiger charge is -2.36. The van der Waals surface area contributed by atoms with Crippen LogP contribution in [0.3, 0.4) is 0 Å². The summed E-state index contributed by atoms with van der Waals surface area (Å²) in [5, 5.41) is 9.46. The molecule has 362 valence electrons. The first-order valence-electron chi connectivity index (χ1n) is 23.1. The quantitative estimate of drug-likeness (QED) is 0.101. The number of piperazine rings is 1. The molecule has 0 saturated carbocycles. The van der Waals surface area contributed by atoms with Gasteiger partial charge in [0.05, 0.1) is 35.3 Å². The molecule has 6 heterocycles. The zero-order valence-corrected chi connectivity index (χ0v) is 38.0. The van der Waals surface area contributed by atoms with Crippen LogP contribution in [-0.4, -0.2) is 146 Å². The van der Waals surface area contributed by atoms with E-state index in [1.165, 1.54) is 48.7 Å². The molecule has 1 unspecified atom stereocenters. The molecule has 0 aliphatic carbocycles. The number of carbonyl (C=O) groups excluding carboxylic acids is 7. The van der Waals surface area contributed by atoms with Gasteiger partial charge in [-0.15, -0.1) is 0 Å². The maximum atomic E-state index is 13.6. The van der Waals surface area contributed by atoms with E-state index in [-0.39, 0.29) is 59.8 Å². The van der Waals surface area contributed by atoms with Gasteiger partial charge in [-0.25, -0.2) is 19.2 Å². The Morgan fingerprint density at radius 2 is 1.56 bits per heavy atom. The number of halogens is 1. The number of fused-ring (bicyclic) bond motifs is 1. The van der Waals surface area contributed by atoms with Crippen molar-refractivity contribution in [1.29, 1.82) is 0 Å². The van der Waals surface area contributed by atoms with Crippen molar-refractivity contribution in [1.82, 2.24) is 44.7 Å². The predicted octanol–water partition coefficient (Wildman–Crippen LogP) is 3.25. The van der Waals surface area contributed by atoms with Crippen molar-refractivity contribution in [3.05, 3.63) is 120 Å². The van der Waals surface area contributed by atoms with Crippen LogP contribution < -0.4 is 21.1 Å². The summed E-state index contributed by atoms with van der Waals surface area (Å²) in [4.78, 5) is 106. The van der Waals surface area contributed by atoms with Gasteiger partial charge in [-0.3, -0.25) is 48.6 Å². The van der Waals surface area contributed by atoms with E-state index in [9.17, 15) is 38.0 Å². The number of hydrogen-bond acceptors (Lipinski definition) is 15. The summed E-state index contributed by atoms with van der Waals surface area (Å²) in [5.41, 5.74) is 7.77. The Hall–Kier alpha value is -7.91. The number of esters is 1. The van der Waals surface area contributed by atoms with Gasteiger partial charge in [0.25, 0.3) is 23.6 Å². The Morgan fingerprint density at radius 3 is 2.29 bits per heavy atom. The predicted molar refractivity (Wildman–Crippen MR) is 248 cm³/mol. The summed E-state index contributed by atoms with van der Waals surface area (Å²) in [5.74, 6) is -4.56. The smallest absolute Gasteiger partial charge is 0.361 e. The molecule has 21 heteroatoms. The number of aromatic nitrogens is 4. The number of hydrogen-bond donors (Lipinski definition) is 3. The number of piperidine rings is 2. The average Bonchev–Trinajstić information content (AvgIpc) is 3.96. The third-order valence-corrected chi connectivity index (χ3v) is 12.9. The molecule has 70 heavy (non-hydrogen) atoms. The molecule has 3 fully saturated rings. The SMILES string of the molecule is Nc1ncc(-c2cnn(C3CCN(CCCN4CCN(C(=O)COc5ccc6c(c5)C(=O)N(C5CCC(=O)NC5=O)C6=O)CC4)CC3)c2)nc1C(=O)O[C@@H](C(=O)Nc1ccc(F)cc1)c1ccccc1. The highest BCUT2D eigenvalue weighted by molar-refractivity contribution is 6.23. The lowest BCUT2D eigenvalue weighted by Crippen LogP contribution is -2.54. The molecule has 4 N–H and O–H groups in total. The van der Waals surface area contributed by atoms with Crippen molar-refractivity contribution >= 4 is 52.9 Å². The van der Waals surface area contributed by atoms with Crippen LogP contribution in [0, 0.1) is 5.82 Å². The molecule has 4 aliphatic heterocycles. The minimum atomic E-state index is -1.37. The molecule has 5 aromatic rings. The molecule has 20 nitrogen and oxygen atoms in total. The van der Waals surface area contributed by atoms with E-state index in [1.54, 1.807) is 41.4 Å². The van der Waals surface area contributed by atoms with Gasteiger partial charge < -0.3 is 30.3 Å². The van der Waals surface area contributed by atoms with Crippen LogP contribution >= 0.6 is 0 Å². The minimum Gasteiger partial charge on any atom is -0.484 e. The molecule has 0 spiro atoms. The van der Waals surface area contributed by atoms with Crippen LogP contribution in [0.2, 0.25) is 0 Å². The van der Waals surface area contributed by atoms with Crippen molar-refractivity contribution in [2.24, 2.45) is 0 Å². The number of imide groups is 2. The van der Waals surface area contributed by atoms with Gasteiger partial charge in [0.15, 0.2) is 18.1 Å². The number of rotatable bonds is 15. The molecule has 2 atom stereocenters. The molecule has 4 aliphatic rings. The summed E-state index contributed by atoms with van der Waals surface area (Å²) in [6.07, 6.45) is 6.43. The molecule has 9 rings (SSSR count). The monoisotopic (exact) mass is 955 g/mol. The molecule has 2 aromatic heterocycles. The van der Waals surface area contributed by atoms with Crippen LogP contribution in [0.15, 0.2) is 91.4 Å². The van der Waals surface area contributed by atoms with E-state index in [4.69, 9.17) is 15.2 Å². The molecule has 3 aromatic carbocycles. The third kappa shape index (κ3) is 10.5. The van der Waals surface area contributed by atoms with Crippen molar-refractivity contribution < 1.29 is 47.4 Å². The van der Waals surface area contributed by atoms with Gasteiger partial charge in [0.1, 0.15) is 17.6 Å². The second kappa shape index (κ2) is 20.8. The minimum absolute atomic E-state index is 0.0262. The summed E-state index contributed by atoms with van der Waals surface area (Å²) in [7, 11) is 0. The van der Waals surface area contributed by atoms with E-state index in [0.29, 0.717) is 35.6 Å². The zero-order chi connectivity index (χ0) is 48.9. The van der Waals surface area contributed by atoms with Crippen molar-refractivity contribution in [2.45, 2.75) is 50.3 Å². The number of nitrogens with one attached hydrogen (secondary N) is 2. The van der Waals surface area contributed by atoms with Crippen molar-refractivity contribution in [3.8, 4) is 17.0 Å². The van der Waals surface area contributed by atoms with E-state index in [1.807, 2.05) is 10.9 Å². The molecule has 0 bridgehead atoms. The Labute approximate surface area is 400 Å². The van der Waals surface area contributed by atoms with Crippen LogP contribution in [0.5, 0.6) is 5.75 Å². The van der Waals surface area contributed by atoms with Crippen LogP contribution in [0.1, 0.15) is 81.0 Å². The Morgan fingerprint density at radius 1 is 0.843 bits per heavy atom. The molecule has 6 amide bonds. The fraction of sp³-hybridized carbons (Fsp3) is 0.347. The fourth-order valence-corrected chi connectivity index (χ4v) is 9.08. The largest absolute Gasteiger partial charge is 0.484 e. The lowest BCUT2D eigenvalue weighted by molar-refractivity contribution is -0.136. The number of likely N-dealkylation sites (tertiary alicyclic amines) is 1. The van der Waals surface area contributed by atoms with E-state index >= 15 is 0 Å². The number of nitrogens with zero attached hydrogens (tertiary/aromatic N) is 8. The number of ether oxygens (including phenoxy) is 2. The number of nitrogens with two attached hydrogens (primary N) is 1. The first kappa shape index (κ1) is 47.2. The van der Waals surface area contributed by atoms with Gasteiger partial charge in [-0.1, -0.05) is 30.3 Å². The van der Waals surface area contributed by atoms with Gasteiger partial charge >= 0.3 is 5.97 Å². The maximum Gasteiger partial charge on any atom is 0.361 e. The summed E-state index contributed by atoms with van der Waals surface area (Å²) in [6, 6.07) is 17.1. The zero-order valence-electron chi connectivity index (χ0n) is 38.0.